The number of hydrogen-bond donors (Lipinski definition) is 1. The van der Waals surface area contributed by atoms with Crippen molar-refractivity contribution in [2.24, 2.45) is 0 Å². The van der Waals surface area contributed by atoms with Crippen molar-refractivity contribution in [3.8, 4) is 0 Å². The van der Waals surface area contributed by atoms with Gasteiger partial charge in [-0.2, -0.15) is 0 Å². The molecule has 1 N–H and O–H groups in total. The second-order valence-corrected chi connectivity index (χ2v) is 4.16. The van der Waals surface area contributed by atoms with Gasteiger partial charge in [-0.3, -0.25) is 4.79 Å². The summed E-state index contributed by atoms with van der Waals surface area (Å²) in [4.78, 5) is 13.5. The molecule has 5 heteroatoms. The number of aromatic nitrogens is 1. The van der Waals surface area contributed by atoms with Crippen molar-refractivity contribution in [1.29, 1.82) is 0 Å². The van der Waals surface area contributed by atoms with Gasteiger partial charge in [0.1, 0.15) is 5.76 Å². The first-order valence-corrected chi connectivity index (χ1v) is 5.92. The first kappa shape index (κ1) is 13.7. The zero-order valence-electron chi connectivity index (χ0n) is 11.0. The predicted octanol–water partition coefficient (Wildman–Crippen LogP) is 1.25. The molecule has 0 saturated heterocycles. The SMILES string of the molecule is CCNCCC(=O)N(C)Cc1c(C)noc1C. The van der Waals surface area contributed by atoms with Gasteiger partial charge in [-0.05, 0) is 20.4 Å². The van der Waals surface area contributed by atoms with E-state index in [0.29, 0.717) is 13.0 Å². The summed E-state index contributed by atoms with van der Waals surface area (Å²) in [5.74, 6) is 0.916. The fraction of sp³-hybridized carbons (Fsp3) is 0.667. The van der Waals surface area contributed by atoms with Crippen molar-refractivity contribution in [3.63, 3.8) is 0 Å². The highest BCUT2D eigenvalue weighted by Gasteiger charge is 2.14. The van der Waals surface area contributed by atoms with E-state index in [4.69, 9.17) is 4.52 Å². The van der Waals surface area contributed by atoms with Gasteiger partial charge in [0, 0.05) is 25.6 Å². The molecule has 5 nitrogen and oxygen atoms in total. The van der Waals surface area contributed by atoms with Crippen LogP contribution in [0.1, 0.15) is 30.4 Å². The van der Waals surface area contributed by atoms with Crippen LogP contribution < -0.4 is 5.32 Å². The quantitative estimate of drug-likeness (QED) is 0.759. The number of aryl methyl sites for hydroxylation is 2. The van der Waals surface area contributed by atoms with Gasteiger partial charge in [-0.25, -0.2) is 0 Å². The Kier molecular flexibility index (Phi) is 5.15. The molecule has 17 heavy (non-hydrogen) atoms. The average molecular weight is 239 g/mol. The van der Waals surface area contributed by atoms with Gasteiger partial charge in [-0.1, -0.05) is 12.1 Å². The third-order valence-electron chi connectivity index (χ3n) is 2.77. The van der Waals surface area contributed by atoms with E-state index < -0.39 is 0 Å². The number of carbonyl (C=O) groups is 1. The lowest BCUT2D eigenvalue weighted by Crippen LogP contribution is -2.29. The van der Waals surface area contributed by atoms with E-state index in [1.165, 1.54) is 0 Å². The molecule has 0 fully saturated rings. The zero-order chi connectivity index (χ0) is 12.8. The van der Waals surface area contributed by atoms with Crippen LogP contribution in [0.4, 0.5) is 0 Å². The molecule has 1 rings (SSSR count). The van der Waals surface area contributed by atoms with Crippen molar-refractivity contribution in [2.75, 3.05) is 20.1 Å². The Hall–Kier alpha value is -1.36. The van der Waals surface area contributed by atoms with Crippen LogP contribution >= 0.6 is 0 Å². The molecule has 1 heterocycles. The molecule has 0 spiro atoms. The summed E-state index contributed by atoms with van der Waals surface area (Å²) in [6.45, 7) is 7.96. The molecule has 96 valence electrons. The fourth-order valence-electron chi connectivity index (χ4n) is 1.62. The van der Waals surface area contributed by atoms with Gasteiger partial charge in [0.25, 0.3) is 0 Å². The molecule has 0 unspecified atom stereocenters. The average Bonchev–Trinajstić information content (AvgIpc) is 2.61. The molecule has 0 atom stereocenters. The van der Waals surface area contributed by atoms with Crippen LogP contribution in [0.15, 0.2) is 4.52 Å². The molecule has 0 radical (unpaired) electrons. The normalized spacial score (nSPS) is 10.6. The monoisotopic (exact) mass is 239 g/mol. The van der Waals surface area contributed by atoms with Gasteiger partial charge >= 0.3 is 0 Å². The van der Waals surface area contributed by atoms with Crippen LogP contribution in [0.2, 0.25) is 0 Å². The highest BCUT2D eigenvalue weighted by atomic mass is 16.5. The molecule has 0 aliphatic heterocycles. The number of rotatable bonds is 6. The van der Waals surface area contributed by atoms with Crippen LogP contribution in [-0.4, -0.2) is 36.1 Å². The third-order valence-corrected chi connectivity index (χ3v) is 2.77. The second kappa shape index (κ2) is 6.39. The maximum absolute atomic E-state index is 11.8. The van der Waals surface area contributed by atoms with Gasteiger partial charge in [0.15, 0.2) is 0 Å². The highest BCUT2D eigenvalue weighted by Crippen LogP contribution is 2.14. The molecule has 0 aliphatic rings. The van der Waals surface area contributed by atoms with Crippen molar-refractivity contribution in [2.45, 2.75) is 33.7 Å². The topological polar surface area (TPSA) is 58.4 Å². The summed E-state index contributed by atoms with van der Waals surface area (Å²) in [5.41, 5.74) is 1.86. The van der Waals surface area contributed by atoms with E-state index >= 15 is 0 Å². The fourth-order valence-corrected chi connectivity index (χ4v) is 1.62. The minimum atomic E-state index is 0.131. The summed E-state index contributed by atoms with van der Waals surface area (Å²) in [6, 6.07) is 0. The second-order valence-electron chi connectivity index (χ2n) is 4.16. The Morgan fingerprint density at radius 2 is 2.18 bits per heavy atom. The lowest BCUT2D eigenvalue weighted by Gasteiger charge is -2.17. The molecular formula is C12H21N3O2. The highest BCUT2D eigenvalue weighted by molar-refractivity contribution is 5.76. The number of hydrogen-bond acceptors (Lipinski definition) is 4. The van der Waals surface area contributed by atoms with Crippen LogP contribution in [0.5, 0.6) is 0 Å². The van der Waals surface area contributed by atoms with E-state index in [-0.39, 0.29) is 5.91 Å². The van der Waals surface area contributed by atoms with E-state index in [1.807, 2.05) is 20.8 Å². The van der Waals surface area contributed by atoms with Crippen molar-refractivity contribution < 1.29 is 9.32 Å². The van der Waals surface area contributed by atoms with E-state index in [2.05, 4.69) is 10.5 Å². The Bertz CT molecular complexity index is 354. The van der Waals surface area contributed by atoms with Crippen molar-refractivity contribution >= 4 is 5.91 Å². The summed E-state index contributed by atoms with van der Waals surface area (Å²) >= 11 is 0. The molecule has 0 aliphatic carbocycles. The molecular weight excluding hydrogens is 218 g/mol. The van der Waals surface area contributed by atoms with Crippen LogP contribution in [-0.2, 0) is 11.3 Å². The van der Waals surface area contributed by atoms with Crippen LogP contribution in [0.3, 0.4) is 0 Å². The summed E-state index contributed by atoms with van der Waals surface area (Å²) in [6.07, 6.45) is 0.522. The lowest BCUT2D eigenvalue weighted by molar-refractivity contribution is -0.130. The van der Waals surface area contributed by atoms with E-state index in [0.717, 1.165) is 30.1 Å². The van der Waals surface area contributed by atoms with Gasteiger partial charge in [0.2, 0.25) is 5.91 Å². The number of nitrogens with zero attached hydrogens (tertiary/aromatic N) is 2. The van der Waals surface area contributed by atoms with E-state index in [9.17, 15) is 4.79 Å². The number of carbonyl (C=O) groups excluding carboxylic acids is 1. The molecule has 0 aromatic carbocycles. The van der Waals surface area contributed by atoms with Crippen molar-refractivity contribution in [3.05, 3.63) is 17.0 Å². The van der Waals surface area contributed by atoms with E-state index in [1.54, 1.807) is 11.9 Å². The first-order valence-electron chi connectivity index (χ1n) is 5.92. The van der Waals surface area contributed by atoms with Crippen LogP contribution in [0.25, 0.3) is 0 Å². The summed E-state index contributed by atoms with van der Waals surface area (Å²) in [5, 5.41) is 7.02. The molecule has 1 aromatic heterocycles. The Labute approximate surface area is 102 Å². The smallest absolute Gasteiger partial charge is 0.223 e. The summed E-state index contributed by atoms with van der Waals surface area (Å²) < 4.78 is 5.07. The Balaban J connectivity index is 2.48. The third kappa shape index (κ3) is 3.85. The standard InChI is InChI=1S/C12H21N3O2/c1-5-13-7-6-12(16)15(4)8-11-9(2)14-17-10(11)3/h13H,5-8H2,1-4H3. The number of nitrogens with one attached hydrogen (secondary N) is 1. The van der Waals surface area contributed by atoms with Crippen LogP contribution in [0, 0.1) is 13.8 Å². The number of amides is 1. The minimum absolute atomic E-state index is 0.131. The van der Waals surface area contributed by atoms with Crippen molar-refractivity contribution in [1.82, 2.24) is 15.4 Å². The summed E-state index contributed by atoms with van der Waals surface area (Å²) in [7, 11) is 1.81. The maximum atomic E-state index is 11.8. The zero-order valence-corrected chi connectivity index (χ0v) is 11.0. The molecule has 1 aromatic rings. The minimum Gasteiger partial charge on any atom is -0.361 e. The molecule has 0 saturated carbocycles. The first-order chi connectivity index (χ1) is 8.06. The Morgan fingerprint density at radius 1 is 1.47 bits per heavy atom. The maximum Gasteiger partial charge on any atom is 0.223 e. The van der Waals surface area contributed by atoms with Gasteiger partial charge < -0.3 is 14.7 Å². The molecule has 0 bridgehead atoms. The largest absolute Gasteiger partial charge is 0.361 e. The predicted molar refractivity (Wildman–Crippen MR) is 65.6 cm³/mol. The van der Waals surface area contributed by atoms with Gasteiger partial charge in [0.05, 0.1) is 12.2 Å². The molecule has 1 amide bonds. The van der Waals surface area contributed by atoms with Gasteiger partial charge in [-0.15, -0.1) is 0 Å². The Morgan fingerprint density at radius 3 is 2.71 bits per heavy atom. The lowest BCUT2D eigenvalue weighted by atomic mass is 10.2.